The van der Waals surface area contributed by atoms with E-state index in [0.717, 1.165) is 55.5 Å². The van der Waals surface area contributed by atoms with Gasteiger partial charge in [-0.2, -0.15) is 0 Å². The number of fused-ring (bicyclic) bond motifs is 2. The van der Waals surface area contributed by atoms with Crippen LogP contribution in [0.15, 0.2) is 78.9 Å². The van der Waals surface area contributed by atoms with Crippen LogP contribution in [-0.4, -0.2) is 76.6 Å². The van der Waals surface area contributed by atoms with Gasteiger partial charge in [-0.1, -0.05) is 55.5 Å². The van der Waals surface area contributed by atoms with Gasteiger partial charge < -0.3 is 41.3 Å². The molecule has 4 heterocycles. The summed E-state index contributed by atoms with van der Waals surface area (Å²) in [5.74, 6) is -1.72. The monoisotopic (exact) mass is 720 g/mol. The Kier molecular flexibility index (Phi) is 10.7. The Balaban J connectivity index is 1.12. The summed E-state index contributed by atoms with van der Waals surface area (Å²) in [5.41, 5.74) is 2.87. The first-order valence-electron chi connectivity index (χ1n) is 18.7. The van der Waals surface area contributed by atoms with E-state index in [4.69, 9.17) is 0 Å². The van der Waals surface area contributed by atoms with E-state index in [-0.39, 0.29) is 55.4 Å². The van der Waals surface area contributed by atoms with Crippen LogP contribution in [0.2, 0.25) is 0 Å². The fraction of sp³-hybridized carbons (Fsp3) is 0.415. The second kappa shape index (κ2) is 15.6. The van der Waals surface area contributed by atoms with Gasteiger partial charge in [0.2, 0.25) is 17.7 Å². The van der Waals surface area contributed by atoms with Crippen LogP contribution in [0.1, 0.15) is 61.3 Å². The lowest BCUT2D eigenvalue weighted by Gasteiger charge is -2.36. The number of nitrogens with zero attached hydrogens (tertiary/aromatic N) is 2. The maximum absolute atomic E-state index is 14.4. The molecule has 3 aromatic rings. The highest BCUT2D eigenvalue weighted by Crippen LogP contribution is 2.47. The van der Waals surface area contributed by atoms with Crippen LogP contribution in [0, 0.1) is 5.92 Å². The van der Waals surface area contributed by atoms with E-state index in [1.807, 2.05) is 42.5 Å². The minimum absolute atomic E-state index is 0.0310. The summed E-state index contributed by atoms with van der Waals surface area (Å²) in [6.45, 7) is 3.70. The Hall–Kier alpha value is -4.88. The fourth-order valence-corrected chi connectivity index (χ4v) is 8.06. The summed E-state index contributed by atoms with van der Waals surface area (Å²) >= 11 is 0. The van der Waals surface area contributed by atoms with Gasteiger partial charge in [-0.15, -0.1) is 0 Å². The van der Waals surface area contributed by atoms with Gasteiger partial charge in [-0.05, 0) is 92.2 Å². The topological polar surface area (TPSA) is 163 Å². The van der Waals surface area contributed by atoms with Crippen LogP contribution < -0.4 is 26.2 Å². The normalized spacial score (nSPS) is 24.3. The molecule has 2 saturated heterocycles. The number of amides is 4. The minimum atomic E-state index is -2.00. The SMILES string of the molecule is C[C@@H](/C=C/CC(=O)N1Cc2ccccc2C[C@H]1CO)[C@]1(O)C(=O)N(Cc2cccc(NC(=O)[C@H]3CCCN3)c2)c2ccc(NC(=O)[C@H]3CCCN3)cc21. The van der Waals surface area contributed by atoms with Gasteiger partial charge in [0.05, 0.1) is 37.0 Å². The van der Waals surface area contributed by atoms with E-state index in [9.17, 15) is 29.4 Å². The lowest BCUT2D eigenvalue weighted by Crippen LogP contribution is -2.46. The van der Waals surface area contributed by atoms with E-state index >= 15 is 0 Å². The maximum atomic E-state index is 14.4. The smallest absolute Gasteiger partial charge is 0.264 e. The number of nitrogens with one attached hydrogen (secondary N) is 4. The Morgan fingerprint density at radius 1 is 0.925 bits per heavy atom. The standard InChI is InChI=1S/C41H48N6O6/c1-26(8-4-15-37(49)46-24-29-11-3-2-10-28(29)21-32(46)25-48)41(53)33-22-31(45-39(51)35-14-7-19-43-35)16-17-36(33)47(40(41)52)23-27-9-5-12-30(20-27)44-38(50)34-13-6-18-42-34/h2-5,8-12,16-17,20,22,26,32,34-35,42-43,48,53H,6-7,13-15,18-19,21,23-25H2,1H3,(H,44,50)(H,45,51)/b8-4+/t26-,32-,34+,35+,41+/m0/s1. The molecule has 0 aliphatic carbocycles. The molecule has 7 rings (SSSR count). The number of anilines is 3. The van der Waals surface area contributed by atoms with E-state index in [1.165, 1.54) is 4.90 Å². The average Bonchev–Trinajstić information content (AvgIpc) is 3.95. The molecule has 2 fully saturated rings. The molecule has 0 unspecified atom stereocenters. The highest BCUT2D eigenvalue weighted by molar-refractivity contribution is 6.08. The van der Waals surface area contributed by atoms with Crippen molar-refractivity contribution in [3.05, 3.63) is 101 Å². The largest absolute Gasteiger partial charge is 0.394 e. The van der Waals surface area contributed by atoms with Crippen LogP contribution in [0.3, 0.4) is 0 Å². The number of aliphatic hydroxyl groups excluding tert-OH is 1. The fourth-order valence-electron chi connectivity index (χ4n) is 8.06. The molecule has 0 aromatic heterocycles. The zero-order valence-electron chi connectivity index (χ0n) is 30.0. The third-order valence-corrected chi connectivity index (χ3v) is 11.1. The predicted molar refractivity (Wildman–Crippen MR) is 202 cm³/mol. The van der Waals surface area contributed by atoms with Crippen molar-refractivity contribution in [3.8, 4) is 0 Å². The summed E-state index contributed by atoms with van der Waals surface area (Å²) in [5, 5.41) is 34.8. The number of carbonyl (C=O) groups excluding carboxylic acids is 4. The summed E-state index contributed by atoms with van der Waals surface area (Å²) < 4.78 is 0. The van der Waals surface area contributed by atoms with Crippen LogP contribution in [0.5, 0.6) is 0 Å². The first-order chi connectivity index (χ1) is 25.6. The zero-order chi connectivity index (χ0) is 37.1. The number of benzene rings is 3. The molecule has 278 valence electrons. The number of rotatable bonds is 11. The van der Waals surface area contributed by atoms with Gasteiger partial charge in [-0.3, -0.25) is 19.2 Å². The number of carbonyl (C=O) groups is 4. The van der Waals surface area contributed by atoms with Crippen molar-refractivity contribution < 1.29 is 29.4 Å². The second-order valence-corrected chi connectivity index (χ2v) is 14.6. The molecule has 5 atom stereocenters. The van der Waals surface area contributed by atoms with Crippen molar-refractivity contribution >= 4 is 40.7 Å². The molecule has 4 amide bonds. The van der Waals surface area contributed by atoms with Crippen molar-refractivity contribution in [3.63, 3.8) is 0 Å². The molecule has 0 bridgehead atoms. The third kappa shape index (κ3) is 7.50. The van der Waals surface area contributed by atoms with Gasteiger partial charge >= 0.3 is 0 Å². The molecule has 4 aliphatic rings. The van der Waals surface area contributed by atoms with Crippen LogP contribution in [-0.2, 0) is 44.3 Å². The minimum Gasteiger partial charge on any atom is -0.394 e. The summed E-state index contributed by atoms with van der Waals surface area (Å²) in [7, 11) is 0. The Morgan fingerprint density at radius 3 is 2.26 bits per heavy atom. The first-order valence-corrected chi connectivity index (χ1v) is 18.7. The molecule has 6 N–H and O–H groups in total. The summed E-state index contributed by atoms with van der Waals surface area (Å²) in [6.07, 6.45) is 7.33. The average molecular weight is 721 g/mol. The van der Waals surface area contributed by atoms with Crippen LogP contribution >= 0.6 is 0 Å². The van der Waals surface area contributed by atoms with Gasteiger partial charge in [0.15, 0.2) is 5.60 Å². The first kappa shape index (κ1) is 36.5. The van der Waals surface area contributed by atoms with Crippen molar-refractivity contribution in [2.24, 2.45) is 5.92 Å². The number of aliphatic hydroxyl groups is 2. The molecule has 0 saturated carbocycles. The Bertz CT molecular complexity index is 1900. The van der Waals surface area contributed by atoms with Crippen molar-refractivity contribution in [1.29, 1.82) is 0 Å². The molecule has 4 aliphatic heterocycles. The highest BCUT2D eigenvalue weighted by Gasteiger charge is 2.52. The molecule has 0 radical (unpaired) electrons. The molecular weight excluding hydrogens is 672 g/mol. The molecular formula is C41H48N6O6. The van der Waals surface area contributed by atoms with E-state index in [1.54, 1.807) is 48.2 Å². The lowest BCUT2D eigenvalue weighted by molar-refractivity contribution is -0.139. The van der Waals surface area contributed by atoms with Gasteiger partial charge in [-0.25, -0.2) is 0 Å². The zero-order valence-corrected chi connectivity index (χ0v) is 30.0. The van der Waals surface area contributed by atoms with Gasteiger partial charge in [0.25, 0.3) is 5.91 Å². The van der Waals surface area contributed by atoms with E-state index in [2.05, 4.69) is 21.3 Å². The van der Waals surface area contributed by atoms with Crippen molar-refractivity contribution in [2.45, 2.75) is 82.3 Å². The maximum Gasteiger partial charge on any atom is 0.264 e. The molecule has 0 spiro atoms. The summed E-state index contributed by atoms with van der Waals surface area (Å²) in [6, 6.07) is 19.5. The summed E-state index contributed by atoms with van der Waals surface area (Å²) in [4.78, 5) is 56.9. The predicted octanol–water partition coefficient (Wildman–Crippen LogP) is 3.33. The van der Waals surface area contributed by atoms with Gasteiger partial charge in [0.1, 0.15) is 0 Å². The molecule has 53 heavy (non-hydrogen) atoms. The van der Waals surface area contributed by atoms with Crippen LogP contribution in [0.25, 0.3) is 0 Å². The third-order valence-electron chi connectivity index (χ3n) is 11.1. The van der Waals surface area contributed by atoms with E-state index in [0.29, 0.717) is 35.6 Å². The number of hydrogen-bond acceptors (Lipinski definition) is 8. The quantitative estimate of drug-likeness (QED) is 0.165. The number of hydrogen-bond donors (Lipinski definition) is 6. The van der Waals surface area contributed by atoms with E-state index < -0.39 is 17.4 Å². The molecule has 12 heteroatoms. The lowest BCUT2D eigenvalue weighted by atomic mass is 9.82. The Labute approximate surface area is 309 Å². The van der Waals surface area contributed by atoms with Crippen molar-refractivity contribution in [1.82, 2.24) is 15.5 Å². The second-order valence-electron chi connectivity index (χ2n) is 14.6. The molecule has 12 nitrogen and oxygen atoms in total. The van der Waals surface area contributed by atoms with Crippen LogP contribution in [0.4, 0.5) is 17.1 Å². The molecule has 3 aromatic carbocycles. The Morgan fingerprint density at radius 2 is 1.60 bits per heavy atom. The van der Waals surface area contributed by atoms with Crippen molar-refractivity contribution in [2.75, 3.05) is 35.2 Å². The highest BCUT2D eigenvalue weighted by atomic mass is 16.3. The van der Waals surface area contributed by atoms with Gasteiger partial charge in [0, 0.05) is 35.8 Å².